The molecule has 2 aliphatic carbocycles. The van der Waals surface area contributed by atoms with Crippen molar-refractivity contribution in [3.05, 3.63) is 58.9 Å². The van der Waals surface area contributed by atoms with Crippen molar-refractivity contribution in [2.75, 3.05) is 0 Å². The Morgan fingerprint density at radius 3 is 2.39 bits per heavy atom. The normalized spacial score (nSPS) is 22.1. The molecule has 0 bridgehead atoms. The van der Waals surface area contributed by atoms with Crippen LogP contribution in [0, 0.1) is 19.8 Å². The lowest BCUT2D eigenvalue weighted by atomic mass is 9.88. The van der Waals surface area contributed by atoms with E-state index in [-0.39, 0.29) is 23.8 Å². The van der Waals surface area contributed by atoms with Crippen LogP contribution in [0.25, 0.3) is 5.69 Å². The Kier molecular flexibility index (Phi) is 5.95. The Bertz CT molecular complexity index is 969. The van der Waals surface area contributed by atoms with Crippen LogP contribution in [0.2, 0.25) is 0 Å². The molecule has 0 unspecified atom stereocenters. The number of nitrogens with one attached hydrogen (secondary N) is 1. The van der Waals surface area contributed by atoms with Crippen LogP contribution >= 0.6 is 0 Å². The largest absolute Gasteiger partial charge is 0.416 e. The Labute approximate surface area is 180 Å². The quantitative estimate of drug-likeness (QED) is 0.639. The number of aromatic nitrogens is 2. The van der Waals surface area contributed by atoms with Crippen LogP contribution < -0.4 is 5.32 Å². The van der Waals surface area contributed by atoms with E-state index in [2.05, 4.69) is 22.6 Å². The van der Waals surface area contributed by atoms with Gasteiger partial charge in [-0.1, -0.05) is 31.4 Å². The average Bonchev–Trinajstić information content (AvgIpc) is 3.31. The standard InChI is InChI=1S/C24H28F3N3O/c1-15-22(16(2)30(29-15)21-12-9-19(10-13-21)24(25,26)27)18-8-11-20(14-18)28-23(31)17-6-4-3-5-7-17/h8-13,17-18,20H,3-7,14H2,1-2H3,(H,28,31)/t18-,20-/m1/s1. The zero-order valence-electron chi connectivity index (χ0n) is 17.9. The van der Waals surface area contributed by atoms with Crippen molar-refractivity contribution in [3.63, 3.8) is 0 Å². The molecule has 31 heavy (non-hydrogen) atoms. The van der Waals surface area contributed by atoms with E-state index in [1.807, 2.05) is 13.8 Å². The summed E-state index contributed by atoms with van der Waals surface area (Å²) in [6.07, 6.45) is 6.01. The Morgan fingerprint density at radius 1 is 1.06 bits per heavy atom. The first-order valence-electron chi connectivity index (χ1n) is 11.0. The molecule has 2 aliphatic rings. The van der Waals surface area contributed by atoms with Crippen LogP contribution in [0.1, 0.15) is 67.0 Å². The van der Waals surface area contributed by atoms with E-state index in [0.717, 1.165) is 61.2 Å². The minimum Gasteiger partial charge on any atom is -0.350 e. The molecular formula is C24H28F3N3O. The van der Waals surface area contributed by atoms with Gasteiger partial charge in [-0.3, -0.25) is 4.79 Å². The lowest BCUT2D eigenvalue weighted by Crippen LogP contribution is -2.38. The highest BCUT2D eigenvalue weighted by Crippen LogP contribution is 2.35. The number of rotatable bonds is 4. The minimum absolute atomic E-state index is 0.00708. The van der Waals surface area contributed by atoms with Gasteiger partial charge in [-0.05, 0) is 57.4 Å². The van der Waals surface area contributed by atoms with Crippen LogP contribution in [-0.2, 0) is 11.0 Å². The van der Waals surface area contributed by atoms with Crippen molar-refractivity contribution in [2.45, 2.75) is 70.5 Å². The van der Waals surface area contributed by atoms with Crippen LogP contribution in [-0.4, -0.2) is 21.7 Å². The van der Waals surface area contributed by atoms with Crippen LogP contribution in [0.4, 0.5) is 13.2 Å². The molecular weight excluding hydrogens is 403 g/mol. The van der Waals surface area contributed by atoms with Gasteiger partial charge < -0.3 is 5.32 Å². The first kappa shape index (κ1) is 21.7. The topological polar surface area (TPSA) is 46.9 Å². The van der Waals surface area contributed by atoms with Gasteiger partial charge in [-0.25, -0.2) is 4.68 Å². The van der Waals surface area contributed by atoms with Crippen molar-refractivity contribution < 1.29 is 18.0 Å². The minimum atomic E-state index is -4.36. The number of hydrogen-bond donors (Lipinski definition) is 1. The molecule has 1 heterocycles. The number of carbonyl (C=O) groups excluding carboxylic acids is 1. The number of hydrogen-bond acceptors (Lipinski definition) is 2. The maximum Gasteiger partial charge on any atom is 0.416 e. The number of amides is 1. The second-order valence-electron chi connectivity index (χ2n) is 8.72. The number of benzene rings is 1. The summed E-state index contributed by atoms with van der Waals surface area (Å²) in [5, 5.41) is 7.78. The molecule has 1 aromatic heterocycles. The molecule has 0 spiro atoms. The summed E-state index contributed by atoms with van der Waals surface area (Å²) >= 11 is 0. The summed E-state index contributed by atoms with van der Waals surface area (Å²) < 4.78 is 40.3. The summed E-state index contributed by atoms with van der Waals surface area (Å²) in [4.78, 5) is 12.6. The number of aryl methyl sites for hydroxylation is 1. The highest BCUT2D eigenvalue weighted by Gasteiger charge is 2.31. The summed E-state index contributed by atoms with van der Waals surface area (Å²) in [6, 6.07) is 5.07. The fraction of sp³-hybridized carbons (Fsp3) is 0.500. The number of alkyl halides is 3. The van der Waals surface area contributed by atoms with Crippen molar-refractivity contribution >= 4 is 5.91 Å². The van der Waals surface area contributed by atoms with Crippen molar-refractivity contribution in [1.82, 2.24) is 15.1 Å². The van der Waals surface area contributed by atoms with Crippen LogP contribution in [0.15, 0.2) is 36.4 Å². The third-order valence-electron chi connectivity index (χ3n) is 6.54. The van der Waals surface area contributed by atoms with Gasteiger partial charge in [0.05, 0.1) is 16.9 Å². The van der Waals surface area contributed by atoms with Gasteiger partial charge in [-0.15, -0.1) is 0 Å². The molecule has 2 atom stereocenters. The smallest absolute Gasteiger partial charge is 0.350 e. The summed E-state index contributed by atoms with van der Waals surface area (Å²) in [6.45, 7) is 3.86. The van der Waals surface area contributed by atoms with E-state index in [1.54, 1.807) is 4.68 Å². The zero-order valence-corrected chi connectivity index (χ0v) is 17.9. The van der Waals surface area contributed by atoms with E-state index in [4.69, 9.17) is 0 Å². The number of nitrogens with zero attached hydrogens (tertiary/aromatic N) is 2. The van der Waals surface area contributed by atoms with Gasteiger partial charge in [0.2, 0.25) is 5.91 Å². The van der Waals surface area contributed by atoms with Gasteiger partial charge in [0.1, 0.15) is 0 Å². The summed E-state index contributed by atoms with van der Waals surface area (Å²) in [5.41, 5.74) is 2.76. The SMILES string of the molecule is Cc1nn(-c2ccc(C(F)(F)F)cc2)c(C)c1[C@@H]1C=C[C@@H](NC(=O)C2CCCCC2)C1. The van der Waals surface area contributed by atoms with E-state index in [1.165, 1.54) is 18.6 Å². The third-order valence-corrected chi connectivity index (χ3v) is 6.54. The molecule has 7 heteroatoms. The number of halogens is 3. The zero-order chi connectivity index (χ0) is 22.2. The molecule has 0 saturated heterocycles. The van der Waals surface area contributed by atoms with Crippen LogP contribution in [0.3, 0.4) is 0 Å². The van der Waals surface area contributed by atoms with E-state index >= 15 is 0 Å². The van der Waals surface area contributed by atoms with Crippen molar-refractivity contribution in [1.29, 1.82) is 0 Å². The average molecular weight is 432 g/mol. The second-order valence-corrected chi connectivity index (χ2v) is 8.72. The molecule has 0 aliphatic heterocycles. The maximum atomic E-state index is 12.9. The first-order valence-corrected chi connectivity index (χ1v) is 11.0. The van der Waals surface area contributed by atoms with Gasteiger partial charge in [0.25, 0.3) is 0 Å². The molecule has 1 saturated carbocycles. The lowest BCUT2D eigenvalue weighted by molar-refractivity contribution is -0.137. The monoisotopic (exact) mass is 431 g/mol. The fourth-order valence-electron chi connectivity index (χ4n) is 4.92. The summed E-state index contributed by atoms with van der Waals surface area (Å²) in [5.74, 6) is 0.413. The van der Waals surface area contributed by atoms with E-state index in [0.29, 0.717) is 5.69 Å². The van der Waals surface area contributed by atoms with Crippen LogP contribution in [0.5, 0.6) is 0 Å². The fourth-order valence-corrected chi connectivity index (χ4v) is 4.92. The third kappa shape index (κ3) is 4.55. The predicted octanol–water partition coefficient (Wildman–Crippen LogP) is 5.62. The first-order chi connectivity index (χ1) is 14.7. The molecule has 1 fully saturated rings. The maximum absolute atomic E-state index is 12.9. The highest BCUT2D eigenvalue weighted by molar-refractivity contribution is 5.79. The highest BCUT2D eigenvalue weighted by atomic mass is 19.4. The molecule has 2 aromatic rings. The molecule has 1 amide bonds. The molecule has 1 N–H and O–H groups in total. The predicted molar refractivity (Wildman–Crippen MR) is 113 cm³/mol. The van der Waals surface area contributed by atoms with Crippen molar-refractivity contribution in [2.24, 2.45) is 5.92 Å². The van der Waals surface area contributed by atoms with Gasteiger partial charge in [0, 0.05) is 29.1 Å². The van der Waals surface area contributed by atoms with E-state index in [9.17, 15) is 18.0 Å². The molecule has 1 aromatic carbocycles. The Morgan fingerprint density at radius 2 is 1.74 bits per heavy atom. The van der Waals surface area contributed by atoms with E-state index < -0.39 is 11.7 Å². The Balaban J connectivity index is 1.47. The molecule has 0 radical (unpaired) electrons. The molecule has 166 valence electrons. The molecule has 4 nitrogen and oxygen atoms in total. The van der Waals surface area contributed by atoms with Gasteiger partial charge in [0.15, 0.2) is 0 Å². The van der Waals surface area contributed by atoms with Gasteiger partial charge >= 0.3 is 6.18 Å². The lowest BCUT2D eigenvalue weighted by Gasteiger charge is -2.23. The van der Waals surface area contributed by atoms with Crippen molar-refractivity contribution in [3.8, 4) is 5.69 Å². The van der Waals surface area contributed by atoms with Gasteiger partial charge in [-0.2, -0.15) is 18.3 Å². The number of carbonyl (C=O) groups is 1. The summed E-state index contributed by atoms with van der Waals surface area (Å²) in [7, 11) is 0. The molecule has 4 rings (SSSR count). The second kappa shape index (κ2) is 8.52. The number of allylic oxidation sites excluding steroid dienone is 1. The Hall–Kier alpha value is -2.57.